The zero-order valence-electron chi connectivity index (χ0n) is 17.9. The molecule has 0 unspecified atom stereocenters. The van der Waals surface area contributed by atoms with E-state index in [1.54, 1.807) is 27.9 Å². The van der Waals surface area contributed by atoms with E-state index in [1.807, 2.05) is 0 Å². The molecule has 0 atom stereocenters. The summed E-state index contributed by atoms with van der Waals surface area (Å²) in [6.07, 6.45) is 2.73. The van der Waals surface area contributed by atoms with Gasteiger partial charge in [0.05, 0.1) is 11.6 Å². The third-order valence-corrected chi connectivity index (χ3v) is 5.77. The topological polar surface area (TPSA) is 94.4 Å². The molecule has 4 rings (SSSR count). The van der Waals surface area contributed by atoms with E-state index in [2.05, 4.69) is 4.98 Å². The van der Waals surface area contributed by atoms with Crippen molar-refractivity contribution < 1.29 is 27.3 Å². The van der Waals surface area contributed by atoms with E-state index in [0.29, 0.717) is 31.8 Å². The predicted molar refractivity (Wildman–Crippen MR) is 116 cm³/mol. The molecule has 0 spiro atoms. The van der Waals surface area contributed by atoms with Crippen molar-refractivity contribution in [1.82, 2.24) is 14.5 Å². The summed E-state index contributed by atoms with van der Waals surface area (Å²) in [6, 6.07) is 8.11. The van der Waals surface area contributed by atoms with E-state index >= 15 is 0 Å². The normalized spacial score (nSPS) is 15.2. The lowest BCUT2D eigenvalue weighted by Gasteiger charge is -2.31. The fourth-order valence-electron chi connectivity index (χ4n) is 4.08. The van der Waals surface area contributed by atoms with Crippen molar-refractivity contribution in [3.05, 3.63) is 87.7 Å². The number of nitrogens with zero attached hydrogens (tertiary/aromatic N) is 4. The average Bonchev–Trinajstić information content (AvgIpc) is 3.47. The first-order chi connectivity index (χ1) is 16.2. The fourth-order valence-corrected chi connectivity index (χ4v) is 4.08. The highest BCUT2D eigenvalue weighted by molar-refractivity contribution is 5.91. The summed E-state index contributed by atoms with van der Waals surface area (Å²) in [6.45, 7) is 0.971. The third-order valence-electron chi connectivity index (χ3n) is 5.77. The van der Waals surface area contributed by atoms with Crippen LogP contribution in [0.25, 0.3) is 6.08 Å². The van der Waals surface area contributed by atoms with Crippen LogP contribution in [0.3, 0.4) is 0 Å². The molecule has 0 bridgehead atoms. The van der Waals surface area contributed by atoms with Crippen LogP contribution in [0.5, 0.6) is 0 Å². The van der Waals surface area contributed by atoms with E-state index in [4.69, 9.17) is 4.42 Å². The summed E-state index contributed by atoms with van der Waals surface area (Å²) >= 11 is 0. The Balaban J connectivity index is 1.38. The largest absolute Gasteiger partial charge is 0.433 e. The Bertz CT molecular complexity index is 1210. The number of piperidine rings is 1. The summed E-state index contributed by atoms with van der Waals surface area (Å²) < 4.78 is 46.8. The lowest BCUT2D eigenvalue weighted by molar-refractivity contribution is -0.402. The highest BCUT2D eigenvalue weighted by Gasteiger charge is 2.33. The first kappa shape index (κ1) is 23.3. The number of nitro groups is 1. The molecule has 34 heavy (non-hydrogen) atoms. The van der Waals surface area contributed by atoms with Gasteiger partial charge in [0.15, 0.2) is 0 Å². The van der Waals surface area contributed by atoms with Crippen LogP contribution in [-0.4, -0.2) is 38.4 Å². The molecular weight excluding hydrogens is 453 g/mol. The van der Waals surface area contributed by atoms with Gasteiger partial charge in [-0.15, -0.1) is 0 Å². The molecule has 0 saturated carbocycles. The molecule has 1 aliphatic heterocycles. The number of imidazole rings is 1. The second kappa shape index (κ2) is 9.54. The number of carbonyl (C=O) groups excluding carboxylic acids is 1. The Morgan fingerprint density at radius 3 is 2.62 bits per heavy atom. The van der Waals surface area contributed by atoms with Crippen LogP contribution < -0.4 is 0 Å². The van der Waals surface area contributed by atoms with Crippen LogP contribution in [0.2, 0.25) is 0 Å². The molecule has 1 amide bonds. The van der Waals surface area contributed by atoms with Crippen molar-refractivity contribution in [3.8, 4) is 0 Å². The second-order valence-corrected chi connectivity index (χ2v) is 7.93. The predicted octanol–water partition coefficient (Wildman–Crippen LogP) is 4.87. The fraction of sp³-hybridized carbons (Fsp3) is 0.304. The van der Waals surface area contributed by atoms with Crippen LogP contribution in [0, 0.1) is 10.1 Å². The van der Waals surface area contributed by atoms with E-state index in [9.17, 15) is 28.1 Å². The Kier molecular flexibility index (Phi) is 6.53. The molecule has 2 aromatic heterocycles. The summed E-state index contributed by atoms with van der Waals surface area (Å²) in [5, 5.41) is 10.7. The molecule has 0 N–H and O–H groups in total. The van der Waals surface area contributed by atoms with E-state index < -0.39 is 22.5 Å². The smallest absolute Gasteiger partial charge is 0.401 e. The van der Waals surface area contributed by atoms with Gasteiger partial charge in [0.2, 0.25) is 5.91 Å². The van der Waals surface area contributed by atoms with E-state index in [1.165, 1.54) is 36.4 Å². The molecule has 3 aromatic rings. The van der Waals surface area contributed by atoms with Crippen LogP contribution >= 0.6 is 0 Å². The van der Waals surface area contributed by atoms with Crippen molar-refractivity contribution in [3.63, 3.8) is 0 Å². The van der Waals surface area contributed by atoms with Crippen molar-refractivity contribution in [2.24, 2.45) is 0 Å². The number of rotatable bonds is 6. The van der Waals surface area contributed by atoms with Crippen molar-refractivity contribution >= 4 is 17.9 Å². The van der Waals surface area contributed by atoms with Gasteiger partial charge in [-0.05, 0) is 36.6 Å². The molecule has 1 fully saturated rings. The number of benzene rings is 1. The first-order valence-corrected chi connectivity index (χ1v) is 10.6. The monoisotopic (exact) mass is 474 g/mol. The van der Waals surface area contributed by atoms with E-state index in [0.717, 1.165) is 6.07 Å². The van der Waals surface area contributed by atoms with Crippen LogP contribution in [0.1, 0.15) is 41.5 Å². The number of hydrogen-bond acceptors (Lipinski definition) is 5. The number of alkyl halides is 3. The average molecular weight is 474 g/mol. The van der Waals surface area contributed by atoms with Crippen LogP contribution in [-0.2, 0) is 17.5 Å². The van der Waals surface area contributed by atoms with Crippen molar-refractivity contribution in [2.45, 2.75) is 31.5 Å². The Morgan fingerprint density at radius 1 is 1.21 bits per heavy atom. The summed E-state index contributed by atoms with van der Waals surface area (Å²) in [4.78, 5) is 28.5. The molecule has 11 heteroatoms. The Hall–Kier alpha value is -3.89. The highest BCUT2D eigenvalue weighted by atomic mass is 19.4. The van der Waals surface area contributed by atoms with Gasteiger partial charge in [0, 0.05) is 44.0 Å². The van der Waals surface area contributed by atoms with Gasteiger partial charge in [-0.2, -0.15) is 13.2 Å². The number of hydrogen-bond donors (Lipinski definition) is 0. The number of aromatic nitrogens is 2. The maximum Gasteiger partial charge on any atom is 0.433 e. The van der Waals surface area contributed by atoms with Crippen molar-refractivity contribution in [1.29, 1.82) is 0 Å². The number of likely N-dealkylation sites (tertiary alicyclic amines) is 1. The number of carbonyl (C=O) groups is 1. The van der Waals surface area contributed by atoms with Gasteiger partial charge in [-0.25, -0.2) is 4.98 Å². The van der Waals surface area contributed by atoms with E-state index in [-0.39, 0.29) is 29.7 Å². The first-order valence-electron chi connectivity index (χ1n) is 10.6. The Labute approximate surface area is 192 Å². The molecular formula is C23H21F3N4O4. The lowest BCUT2D eigenvalue weighted by Crippen LogP contribution is -2.37. The van der Waals surface area contributed by atoms with Gasteiger partial charge in [-0.3, -0.25) is 14.9 Å². The minimum Gasteiger partial charge on any atom is -0.401 e. The molecule has 1 saturated heterocycles. The van der Waals surface area contributed by atoms with Gasteiger partial charge in [0.1, 0.15) is 16.5 Å². The highest BCUT2D eigenvalue weighted by Crippen LogP contribution is 2.33. The summed E-state index contributed by atoms with van der Waals surface area (Å²) in [5.74, 6) is 0.258. The zero-order chi connectivity index (χ0) is 24.3. The summed E-state index contributed by atoms with van der Waals surface area (Å²) in [5.41, 5.74) is -0.492. The number of furan rings is 1. The molecule has 1 aliphatic rings. The second-order valence-electron chi connectivity index (χ2n) is 7.93. The summed E-state index contributed by atoms with van der Waals surface area (Å²) in [7, 11) is 0. The quantitative estimate of drug-likeness (QED) is 0.289. The SMILES string of the molecule is O=C(C=Cc1ccc([N+](=O)[O-])o1)N1CCC(c2nccn2Cc2ccccc2C(F)(F)F)CC1. The van der Waals surface area contributed by atoms with Gasteiger partial charge < -0.3 is 13.9 Å². The number of amides is 1. The molecule has 0 aliphatic carbocycles. The van der Waals surface area contributed by atoms with Crippen LogP contribution in [0.15, 0.2) is 59.3 Å². The number of halogens is 3. The third kappa shape index (κ3) is 5.19. The maximum absolute atomic E-state index is 13.4. The van der Waals surface area contributed by atoms with Gasteiger partial charge >= 0.3 is 12.1 Å². The van der Waals surface area contributed by atoms with Crippen LogP contribution in [0.4, 0.5) is 19.1 Å². The molecule has 3 heterocycles. The lowest BCUT2D eigenvalue weighted by atomic mass is 9.95. The zero-order valence-corrected chi connectivity index (χ0v) is 17.9. The minimum absolute atomic E-state index is 0.00815. The van der Waals surface area contributed by atoms with Gasteiger partial charge in [0.25, 0.3) is 0 Å². The Morgan fingerprint density at radius 2 is 1.94 bits per heavy atom. The minimum atomic E-state index is -4.43. The molecule has 1 aromatic carbocycles. The molecule has 8 nitrogen and oxygen atoms in total. The molecule has 178 valence electrons. The maximum atomic E-state index is 13.4. The standard InChI is InChI=1S/C23H21F3N4O4/c24-23(25,26)19-4-2-1-3-17(19)15-29-14-11-27-22(29)16-9-12-28(13-10-16)20(31)7-5-18-6-8-21(34-18)30(32)33/h1-8,11,14,16H,9-10,12-13,15H2. The van der Waals surface area contributed by atoms with Crippen molar-refractivity contribution in [2.75, 3.05) is 13.1 Å². The van der Waals surface area contributed by atoms with Gasteiger partial charge in [-0.1, -0.05) is 18.2 Å². The molecule has 0 radical (unpaired) electrons.